The number of amides is 1. The third-order valence-electron chi connectivity index (χ3n) is 3.52. The molecule has 1 unspecified atom stereocenters. The average Bonchev–Trinajstić information content (AvgIpc) is 2.47. The molecule has 0 radical (unpaired) electrons. The van der Waals surface area contributed by atoms with Crippen molar-refractivity contribution in [2.24, 2.45) is 0 Å². The largest absolute Gasteiger partial charge is 0.497 e. The van der Waals surface area contributed by atoms with Crippen LogP contribution in [-0.4, -0.2) is 43.6 Å². The molecule has 1 fully saturated rings. The number of nitrogens with zero attached hydrogens (tertiary/aromatic N) is 1. The maximum Gasteiger partial charge on any atom is 0.254 e. The number of carbonyl (C=O) groups excluding carboxylic acids is 1. The Morgan fingerprint density at radius 1 is 1.53 bits per heavy atom. The summed E-state index contributed by atoms with van der Waals surface area (Å²) in [6.45, 7) is 4.69. The van der Waals surface area contributed by atoms with E-state index in [0.717, 1.165) is 38.2 Å². The lowest BCUT2D eigenvalue weighted by Gasteiger charge is -2.33. The average molecular weight is 262 g/mol. The first-order valence-corrected chi connectivity index (χ1v) is 6.91. The molecule has 1 heterocycles. The van der Waals surface area contributed by atoms with E-state index in [-0.39, 0.29) is 5.91 Å². The Kier molecular flexibility index (Phi) is 4.80. The molecule has 4 heteroatoms. The first-order valence-electron chi connectivity index (χ1n) is 6.91. The molecule has 1 saturated heterocycles. The lowest BCUT2D eigenvalue weighted by molar-refractivity contribution is 0.0695. The van der Waals surface area contributed by atoms with Gasteiger partial charge in [0.05, 0.1) is 7.11 Å². The number of likely N-dealkylation sites (tertiary alicyclic amines) is 1. The molecule has 0 bridgehead atoms. The van der Waals surface area contributed by atoms with Crippen molar-refractivity contribution in [3.05, 3.63) is 29.8 Å². The van der Waals surface area contributed by atoms with Crippen molar-refractivity contribution in [1.29, 1.82) is 0 Å². The minimum atomic E-state index is 0.0986. The molecule has 1 amide bonds. The van der Waals surface area contributed by atoms with Gasteiger partial charge in [-0.15, -0.1) is 0 Å². The number of carbonyl (C=O) groups is 1. The van der Waals surface area contributed by atoms with E-state index in [4.69, 9.17) is 4.74 Å². The fraction of sp³-hybridized carbons (Fsp3) is 0.533. The zero-order chi connectivity index (χ0) is 13.7. The summed E-state index contributed by atoms with van der Waals surface area (Å²) < 4.78 is 5.17. The van der Waals surface area contributed by atoms with Gasteiger partial charge in [-0.2, -0.15) is 0 Å². The van der Waals surface area contributed by atoms with Crippen LogP contribution in [0, 0.1) is 0 Å². The maximum absolute atomic E-state index is 12.5. The SMILES string of the molecule is CCNC1CCCN(C(=O)c2cccc(OC)c2)C1. The maximum atomic E-state index is 12.5. The predicted octanol–water partition coefficient (Wildman–Crippen LogP) is 1.91. The number of piperidine rings is 1. The highest BCUT2D eigenvalue weighted by molar-refractivity contribution is 5.94. The van der Waals surface area contributed by atoms with Gasteiger partial charge in [0.1, 0.15) is 5.75 Å². The molecular formula is C15H22N2O2. The lowest BCUT2D eigenvalue weighted by Crippen LogP contribution is -2.47. The smallest absolute Gasteiger partial charge is 0.254 e. The molecule has 0 spiro atoms. The van der Waals surface area contributed by atoms with Crippen LogP contribution in [0.1, 0.15) is 30.1 Å². The number of rotatable bonds is 4. The lowest BCUT2D eigenvalue weighted by atomic mass is 10.0. The number of ether oxygens (including phenoxy) is 1. The van der Waals surface area contributed by atoms with Gasteiger partial charge in [0, 0.05) is 24.7 Å². The van der Waals surface area contributed by atoms with Crippen LogP contribution in [0.25, 0.3) is 0 Å². The summed E-state index contributed by atoms with van der Waals surface area (Å²) in [5, 5.41) is 3.42. The van der Waals surface area contributed by atoms with E-state index in [9.17, 15) is 4.79 Å². The molecular weight excluding hydrogens is 240 g/mol. The molecule has 1 aromatic carbocycles. The highest BCUT2D eigenvalue weighted by Crippen LogP contribution is 2.17. The highest BCUT2D eigenvalue weighted by atomic mass is 16.5. The van der Waals surface area contributed by atoms with E-state index in [1.807, 2.05) is 23.1 Å². The van der Waals surface area contributed by atoms with E-state index in [0.29, 0.717) is 11.6 Å². The Morgan fingerprint density at radius 2 is 2.37 bits per heavy atom. The van der Waals surface area contributed by atoms with Gasteiger partial charge in [-0.05, 0) is 37.6 Å². The molecule has 19 heavy (non-hydrogen) atoms. The van der Waals surface area contributed by atoms with Crippen LogP contribution in [0.2, 0.25) is 0 Å². The van der Waals surface area contributed by atoms with Gasteiger partial charge in [-0.25, -0.2) is 0 Å². The summed E-state index contributed by atoms with van der Waals surface area (Å²) in [6, 6.07) is 7.79. The molecule has 2 rings (SSSR count). The highest BCUT2D eigenvalue weighted by Gasteiger charge is 2.23. The molecule has 1 aliphatic rings. The topological polar surface area (TPSA) is 41.6 Å². The third-order valence-corrected chi connectivity index (χ3v) is 3.52. The quantitative estimate of drug-likeness (QED) is 0.901. The molecule has 1 aliphatic heterocycles. The second kappa shape index (κ2) is 6.57. The molecule has 1 atom stereocenters. The number of benzene rings is 1. The second-order valence-electron chi connectivity index (χ2n) is 4.88. The van der Waals surface area contributed by atoms with Crippen LogP contribution in [0.15, 0.2) is 24.3 Å². The third kappa shape index (κ3) is 3.47. The Labute approximate surface area is 114 Å². The van der Waals surface area contributed by atoms with E-state index in [1.54, 1.807) is 13.2 Å². The monoisotopic (exact) mass is 262 g/mol. The van der Waals surface area contributed by atoms with Gasteiger partial charge in [0.2, 0.25) is 0 Å². The molecule has 1 N–H and O–H groups in total. The summed E-state index contributed by atoms with van der Waals surface area (Å²) in [7, 11) is 1.62. The summed E-state index contributed by atoms with van der Waals surface area (Å²) >= 11 is 0. The molecule has 104 valence electrons. The summed E-state index contributed by atoms with van der Waals surface area (Å²) in [5.41, 5.74) is 0.705. The van der Waals surface area contributed by atoms with Crippen molar-refractivity contribution in [2.75, 3.05) is 26.7 Å². The first kappa shape index (κ1) is 13.9. The van der Waals surface area contributed by atoms with Crippen molar-refractivity contribution < 1.29 is 9.53 Å². The van der Waals surface area contributed by atoms with Crippen LogP contribution < -0.4 is 10.1 Å². The zero-order valence-electron chi connectivity index (χ0n) is 11.7. The first-order chi connectivity index (χ1) is 9.24. The Balaban J connectivity index is 2.05. The standard InChI is InChI=1S/C15H22N2O2/c1-3-16-13-7-5-9-17(11-13)15(18)12-6-4-8-14(10-12)19-2/h4,6,8,10,13,16H,3,5,7,9,11H2,1-2H3. The summed E-state index contributed by atoms with van der Waals surface area (Å²) in [6.07, 6.45) is 2.21. The molecule has 0 aromatic heterocycles. The van der Waals surface area contributed by atoms with Gasteiger partial charge in [-0.3, -0.25) is 4.79 Å². The number of nitrogens with one attached hydrogen (secondary N) is 1. The number of hydrogen-bond donors (Lipinski definition) is 1. The van der Waals surface area contributed by atoms with Crippen LogP contribution in [0.4, 0.5) is 0 Å². The minimum absolute atomic E-state index is 0.0986. The van der Waals surface area contributed by atoms with Gasteiger partial charge >= 0.3 is 0 Å². The van der Waals surface area contributed by atoms with Gasteiger partial charge in [0.15, 0.2) is 0 Å². The van der Waals surface area contributed by atoms with Crippen LogP contribution in [0.5, 0.6) is 5.75 Å². The van der Waals surface area contributed by atoms with Crippen molar-refractivity contribution >= 4 is 5.91 Å². The van der Waals surface area contributed by atoms with E-state index in [2.05, 4.69) is 12.2 Å². The van der Waals surface area contributed by atoms with Crippen LogP contribution in [-0.2, 0) is 0 Å². The van der Waals surface area contributed by atoms with E-state index in [1.165, 1.54) is 0 Å². The zero-order valence-corrected chi connectivity index (χ0v) is 11.7. The predicted molar refractivity (Wildman–Crippen MR) is 75.6 cm³/mol. The van der Waals surface area contributed by atoms with Crippen LogP contribution in [0.3, 0.4) is 0 Å². The fourth-order valence-corrected chi connectivity index (χ4v) is 2.56. The number of hydrogen-bond acceptors (Lipinski definition) is 3. The van der Waals surface area contributed by atoms with Crippen LogP contribution >= 0.6 is 0 Å². The molecule has 4 nitrogen and oxygen atoms in total. The normalized spacial score (nSPS) is 19.3. The van der Waals surface area contributed by atoms with Crippen molar-refractivity contribution in [1.82, 2.24) is 10.2 Å². The van der Waals surface area contributed by atoms with Crippen molar-refractivity contribution in [3.63, 3.8) is 0 Å². The van der Waals surface area contributed by atoms with Gasteiger partial charge in [-0.1, -0.05) is 13.0 Å². The number of likely N-dealkylation sites (N-methyl/N-ethyl adjacent to an activating group) is 1. The van der Waals surface area contributed by atoms with Crippen molar-refractivity contribution in [3.8, 4) is 5.75 Å². The van der Waals surface area contributed by atoms with E-state index < -0.39 is 0 Å². The summed E-state index contributed by atoms with van der Waals surface area (Å²) in [4.78, 5) is 14.4. The molecule has 0 aliphatic carbocycles. The molecule has 1 aromatic rings. The van der Waals surface area contributed by atoms with Crippen molar-refractivity contribution in [2.45, 2.75) is 25.8 Å². The van der Waals surface area contributed by atoms with Gasteiger partial charge < -0.3 is 15.0 Å². The second-order valence-corrected chi connectivity index (χ2v) is 4.88. The Morgan fingerprint density at radius 3 is 3.11 bits per heavy atom. The van der Waals surface area contributed by atoms with E-state index >= 15 is 0 Å². The Hall–Kier alpha value is -1.55. The summed E-state index contributed by atoms with van der Waals surface area (Å²) in [5.74, 6) is 0.826. The number of methoxy groups -OCH3 is 1. The minimum Gasteiger partial charge on any atom is -0.497 e. The molecule has 0 saturated carbocycles. The van der Waals surface area contributed by atoms with Gasteiger partial charge in [0.25, 0.3) is 5.91 Å². The Bertz CT molecular complexity index is 432. The fourth-order valence-electron chi connectivity index (χ4n) is 2.56.